The molecule has 1 aliphatic rings. The molecule has 6 heteroatoms. The van der Waals surface area contributed by atoms with E-state index in [1.54, 1.807) is 0 Å². The van der Waals surface area contributed by atoms with E-state index in [0.29, 0.717) is 30.0 Å². The number of allylic oxidation sites excluding steroid dienone is 1. The van der Waals surface area contributed by atoms with Gasteiger partial charge in [-0.25, -0.2) is 9.59 Å². The van der Waals surface area contributed by atoms with Crippen LogP contribution in [0.4, 0.5) is 4.79 Å². The van der Waals surface area contributed by atoms with Gasteiger partial charge in [0.15, 0.2) is 0 Å². The third-order valence-corrected chi connectivity index (χ3v) is 4.82. The van der Waals surface area contributed by atoms with E-state index in [0.717, 1.165) is 31.2 Å². The molecule has 1 aliphatic heterocycles. The highest BCUT2D eigenvalue weighted by Gasteiger charge is 2.34. The Hall–Kier alpha value is -2.50. The number of benzene rings is 1. The maximum absolute atomic E-state index is 12.6. The van der Waals surface area contributed by atoms with Gasteiger partial charge in [0.1, 0.15) is 5.75 Å². The number of nitrogens with one attached hydrogen (secondary N) is 2. The molecular weight excluding hydrogens is 356 g/mol. The highest BCUT2D eigenvalue weighted by Crippen LogP contribution is 2.34. The lowest BCUT2D eigenvalue weighted by Gasteiger charge is -2.30. The SMILES string of the molecule is CCCCCCOc1ccccc1C1NC(=O)NC(CCCC)=C1C(=O)OC. The van der Waals surface area contributed by atoms with E-state index in [9.17, 15) is 9.59 Å². The molecule has 0 saturated carbocycles. The zero-order valence-electron chi connectivity index (χ0n) is 17.2. The first-order valence-corrected chi connectivity index (χ1v) is 10.2. The number of urea groups is 1. The number of hydrogen-bond acceptors (Lipinski definition) is 4. The van der Waals surface area contributed by atoms with E-state index < -0.39 is 12.0 Å². The number of rotatable bonds is 11. The molecule has 1 atom stereocenters. The maximum atomic E-state index is 12.6. The smallest absolute Gasteiger partial charge is 0.337 e. The molecule has 2 amide bonds. The van der Waals surface area contributed by atoms with Gasteiger partial charge in [-0.05, 0) is 25.3 Å². The topological polar surface area (TPSA) is 76.7 Å². The Balaban J connectivity index is 2.32. The Morgan fingerprint density at radius 2 is 1.82 bits per heavy atom. The van der Waals surface area contributed by atoms with Crippen molar-refractivity contribution in [3.05, 3.63) is 41.1 Å². The summed E-state index contributed by atoms with van der Waals surface area (Å²) in [5.41, 5.74) is 1.83. The molecule has 0 bridgehead atoms. The molecule has 154 valence electrons. The number of amides is 2. The largest absolute Gasteiger partial charge is 0.493 e. The molecule has 0 saturated heterocycles. The van der Waals surface area contributed by atoms with Crippen LogP contribution in [0.15, 0.2) is 35.5 Å². The Morgan fingerprint density at radius 3 is 2.54 bits per heavy atom. The predicted molar refractivity (Wildman–Crippen MR) is 109 cm³/mol. The summed E-state index contributed by atoms with van der Waals surface area (Å²) >= 11 is 0. The van der Waals surface area contributed by atoms with Gasteiger partial charge in [0.05, 0.1) is 25.3 Å². The van der Waals surface area contributed by atoms with Crippen molar-refractivity contribution in [2.45, 2.75) is 64.8 Å². The van der Waals surface area contributed by atoms with Crippen molar-refractivity contribution < 1.29 is 19.1 Å². The van der Waals surface area contributed by atoms with Crippen LogP contribution < -0.4 is 15.4 Å². The molecule has 1 heterocycles. The van der Waals surface area contributed by atoms with Crippen LogP contribution in [0, 0.1) is 0 Å². The van der Waals surface area contributed by atoms with Crippen molar-refractivity contribution in [2.24, 2.45) is 0 Å². The van der Waals surface area contributed by atoms with E-state index in [1.165, 1.54) is 20.0 Å². The van der Waals surface area contributed by atoms with Gasteiger partial charge in [-0.15, -0.1) is 0 Å². The molecule has 1 aromatic rings. The third kappa shape index (κ3) is 5.75. The van der Waals surface area contributed by atoms with Crippen LogP contribution in [0.2, 0.25) is 0 Å². The summed E-state index contributed by atoms with van der Waals surface area (Å²) in [6, 6.07) is 6.63. The van der Waals surface area contributed by atoms with Crippen LogP contribution in [0.25, 0.3) is 0 Å². The first-order chi connectivity index (χ1) is 13.6. The van der Waals surface area contributed by atoms with E-state index in [4.69, 9.17) is 9.47 Å². The van der Waals surface area contributed by atoms with Crippen LogP contribution in [0.3, 0.4) is 0 Å². The molecule has 0 fully saturated rings. The quantitative estimate of drug-likeness (QED) is 0.428. The summed E-state index contributed by atoms with van der Waals surface area (Å²) in [6.07, 6.45) is 6.91. The summed E-state index contributed by atoms with van der Waals surface area (Å²) in [5, 5.41) is 5.66. The van der Waals surface area contributed by atoms with E-state index in [-0.39, 0.29) is 6.03 Å². The van der Waals surface area contributed by atoms with Gasteiger partial charge >= 0.3 is 12.0 Å². The highest BCUT2D eigenvalue weighted by molar-refractivity contribution is 5.95. The molecule has 0 radical (unpaired) electrons. The highest BCUT2D eigenvalue weighted by atomic mass is 16.5. The predicted octanol–water partition coefficient (Wildman–Crippen LogP) is 4.62. The summed E-state index contributed by atoms with van der Waals surface area (Å²) in [6.45, 7) is 4.85. The minimum absolute atomic E-state index is 0.318. The number of para-hydroxylation sites is 1. The maximum Gasteiger partial charge on any atom is 0.337 e. The van der Waals surface area contributed by atoms with E-state index in [2.05, 4.69) is 24.5 Å². The number of carbonyl (C=O) groups is 2. The fourth-order valence-corrected chi connectivity index (χ4v) is 3.31. The first-order valence-electron chi connectivity index (χ1n) is 10.2. The molecule has 0 spiro atoms. The van der Waals surface area contributed by atoms with Gasteiger partial charge in [0, 0.05) is 11.3 Å². The second-order valence-corrected chi connectivity index (χ2v) is 6.97. The molecular formula is C22H32N2O4. The summed E-state index contributed by atoms with van der Waals surface area (Å²) < 4.78 is 11.0. The number of unbranched alkanes of at least 4 members (excludes halogenated alkanes) is 4. The fourth-order valence-electron chi connectivity index (χ4n) is 3.31. The van der Waals surface area contributed by atoms with Crippen molar-refractivity contribution >= 4 is 12.0 Å². The Bertz CT molecular complexity index is 700. The van der Waals surface area contributed by atoms with Crippen molar-refractivity contribution in [2.75, 3.05) is 13.7 Å². The summed E-state index contributed by atoms with van der Waals surface area (Å²) in [4.78, 5) is 24.8. The van der Waals surface area contributed by atoms with Gasteiger partial charge in [-0.2, -0.15) is 0 Å². The van der Waals surface area contributed by atoms with Gasteiger partial charge < -0.3 is 20.1 Å². The van der Waals surface area contributed by atoms with Crippen LogP contribution in [-0.4, -0.2) is 25.7 Å². The van der Waals surface area contributed by atoms with Crippen molar-refractivity contribution in [1.29, 1.82) is 0 Å². The second-order valence-electron chi connectivity index (χ2n) is 6.97. The number of esters is 1. The van der Waals surface area contributed by atoms with Crippen LogP contribution in [0.5, 0.6) is 5.75 Å². The lowest BCUT2D eigenvalue weighted by molar-refractivity contribution is -0.136. The molecule has 1 unspecified atom stereocenters. The lowest BCUT2D eigenvalue weighted by Crippen LogP contribution is -2.46. The molecule has 2 N–H and O–H groups in total. The normalized spacial score (nSPS) is 16.4. The fraction of sp³-hybridized carbons (Fsp3) is 0.545. The molecule has 28 heavy (non-hydrogen) atoms. The number of carbonyl (C=O) groups excluding carboxylic acids is 2. The zero-order valence-corrected chi connectivity index (χ0v) is 17.2. The molecule has 6 nitrogen and oxygen atoms in total. The Morgan fingerprint density at radius 1 is 1.07 bits per heavy atom. The molecule has 2 rings (SSSR count). The molecule has 0 aromatic heterocycles. The van der Waals surface area contributed by atoms with Crippen LogP contribution in [0.1, 0.15) is 70.4 Å². The van der Waals surface area contributed by atoms with E-state index in [1.807, 2.05) is 24.3 Å². The minimum atomic E-state index is -0.597. The summed E-state index contributed by atoms with van der Waals surface area (Å²) in [5.74, 6) is 0.240. The number of ether oxygens (including phenoxy) is 2. The minimum Gasteiger partial charge on any atom is -0.493 e. The monoisotopic (exact) mass is 388 g/mol. The Labute approximate surface area is 167 Å². The van der Waals surface area contributed by atoms with Gasteiger partial charge in [0.25, 0.3) is 0 Å². The van der Waals surface area contributed by atoms with Crippen LogP contribution in [-0.2, 0) is 9.53 Å². The molecule has 1 aromatic carbocycles. The van der Waals surface area contributed by atoms with E-state index >= 15 is 0 Å². The van der Waals surface area contributed by atoms with Crippen molar-refractivity contribution in [3.8, 4) is 5.75 Å². The van der Waals surface area contributed by atoms with Crippen LogP contribution >= 0.6 is 0 Å². The van der Waals surface area contributed by atoms with Gasteiger partial charge in [0.2, 0.25) is 0 Å². The van der Waals surface area contributed by atoms with Gasteiger partial charge in [-0.1, -0.05) is 57.7 Å². The number of hydrogen-bond donors (Lipinski definition) is 2. The third-order valence-electron chi connectivity index (χ3n) is 4.82. The average Bonchev–Trinajstić information content (AvgIpc) is 2.71. The Kier molecular flexibility index (Phi) is 8.85. The summed E-state index contributed by atoms with van der Waals surface area (Å²) in [7, 11) is 1.36. The number of methoxy groups -OCH3 is 1. The van der Waals surface area contributed by atoms with Gasteiger partial charge in [-0.3, -0.25) is 0 Å². The molecule has 0 aliphatic carbocycles. The standard InChI is InChI=1S/C22H32N2O4/c1-4-6-8-11-15-28-18-14-10-9-12-16(18)20-19(21(25)27-3)17(13-7-5-2)23-22(26)24-20/h9-10,12,14,20H,4-8,11,13,15H2,1-3H3,(H2,23,24,26). The average molecular weight is 389 g/mol. The van der Waals surface area contributed by atoms with Crippen molar-refractivity contribution in [1.82, 2.24) is 10.6 Å². The van der Waals surface area contributed by atoms with Crippen molar-refractivity contribution in [3.63, 3.8) is 0 Å². The lowest BCUT2D eigenvalue weighted by atomic mass is 9.93. The zero-order chi connectivity index (χ0) is 20.4. The first kappa shape index (κ1) is 21.8. The second kappa shape index (κ2) is 11.4.